The molecule has 0 unspecified atom stereocenters. The Morgan fingerprint density at radius 3 is 2.13 bits per heavy atom. The van der Waals surface area contributed by atoms with E-state index in [1.807, 2.05) is 24.5 Å². The molecule has 0 amide bonds. The van der Waals surface area contributed by atoms with Crippen molar-refractivity contribution < 1.29 is 42.3 Å². The third-order valence-electron chi connectivity index (χ3n) is 2.59. The maximum absolute atomic E-state index is 10.6. The minimum atomic E-state index is -5.08. The first-order valence-corrected chi connectivity index (χ1v) is 6.65. The highest BCUT2D eigenvalue weighted by Gasteiger charge is 2.38. The van der Waals surface area contributed by atoms with E-state index in [2.05, 4.69) is 4.57 Å². The first-order chi connectivity index (χ1) is 10.7. The van der Waals surface area contributed by atoms with Crippen LogP contribution in [0.15, 0.2) is 24.5 Å². The molecule has 0 atom stereocenters. The Labute approximate surface area is 131 Å². The van der Waals surface area contributed by atoms with Crippen LogP contribution in [0.25, 0.3) is 0 Å². The summed E-state index contributed by atoms with van der Waals surface area (Å²) in [5.41, 5.74) is 1.06. The van der Waals surface area contributed by atoms with Gasteiger partial charge in [-0.25, -0.2) is 9.36 Å². The van der Waals surface area contributed by atoms with Gasteiger partial charge in [0.1, 0.15) is 0 Å². The molecule has 0 saturated heterocycles. The minimum absolute atomic E-state index is 0.188. The molecule has 6 nitrogen and oxygen atoms in total. The number of rotatable bonds is 7. The molecular formula is C14H19F3NO5+. The molecule has 130 valence electrons. The number of ether oxygens (including phenoxy) is 1. The van der Waals surface area contributed by atoms with Crippen LogP contribution >= 0.6 is 0 Å². The quantitative estimate of drug-likeness (QED) is 0.583. The Bertz CT molecular complexity index is 488. The van der Waals surface area contributed by atoms with Gasteiger partial charge in [-0.1, -0.05) is 0 Å². The zero-order valence-electron chi connectivity index (χ0n) is 12.5. The molecule has 9 heteroatoms. The molecule has 0 aliphatic rings. The van der Waals surface area contributed by atoms with Crippen LogP contribution in [-0.2, 0) is 27.3 Å². The number of alkyl halides is 3. The Kier molecular flexibility index (Phi) is 9.56. The summed E-state index contributed by atoms with van der Waals surface area (Å²) >= 11 is 0. The van der Waals surface area contributed by atoms with Crippen molar-refractivity contribution in [3.05, 3.63) is 30.1 Å². The number of carbonyl (C=O) groups is 2. The predicted octanol–water partition coefficient (Wildman–Crippen LogP) is 1.66. The van der Waals surface area contributed by atoms with Gasteiger partial charge in [-0.15, -0.1) is 0 Å². The van der Waals surface area contributed by atoms with Crippen molar-refractivity contribution in [1.29, 1.82) is 0 Å². The average molecular weight is 338 g/mol. The fourth-order valence-corrected chi connectivity index (χ4v) is 1.45. The number of hydrogen-bond acceptors (Lipinski definition) is 3. The van der Waals surface area contributed by atoms with E-state index in [1.54, 1.807) is 7.11 Å². The van der Waals surface area contributed by atoms with Gasteiger partial charge in [0.2, 0.25) is 0 Å². The van der Waals surface area contributed by atoms with Crippen molar-refractivity contribution in [2.24, 2.45) is 0 Å². The number of halogens is 3. The highest BCUT2D eigenvalue weighted by atomic mass is 19.4. The number of carboxylic acids is 2. The second kappa shape index (κ2) is 10.5. The summed E-state index contributed by atoms with van der Waals surface area (Å²) in [7, 11) is 1.69. The monoisotopic (exact) mass is 338 g/mol. The summed E-state index contributed by atoms with van der Waals surface area (Å²) in [5.74, 6) is -3.51. The molecule has 0 aliphatic carbocycles. The first-order valence-electron chi connectivity index (χ1n) is 6.65. The normalized spacial score (nSPS) is 10.6. The Balaban J connectivity index is 0.000000585. The fraction of sp³-hybridized carbons (Fsp3) is 0.500. The van der Waals surface area contributed by atoms with Crippen molar-refractivity contribution in [2.45, 2.75) is 32.0 Å². The molecule has 1 heterocycles. The molecule has 1 aromatic heterocycles. The van der Waals surface area contributed by atoms with Gasteiger partial charge in [0.15, 0.2) is 18.9 Å². The van der Waals surface area contributed by atoms with Crippen LogP contribution in [0.1, 0.15) is 18.4 Å². The molecule has 0 spiro atoms. The average Bonchev–Trinajstić information content (AvgIpc) is 2.46. The summed E-state index contributed by atoms with van der Waals surface area (Å²) in [6.07, 6.45) is 0.636. The molecule has 1 aromatic rings. The Morgan fingerprint density at radius 2 is 1.74 bits per heavy atom. The van der Waals surface area contributed by atoms with Crippen molar-refractivity contribution >= 4 is 11.9 Å². The maximum atomic E-state index is 10.6. The Morgan fingerprint density at radius 1 is 1.22 bits per heavy atom. The van der Waals surface area contributed by atoms with E-state index in [4.69, 9.17) is 19.7 Å². The van der Waals surface area contributed by atoms with E-state index in [1.165, 1.54) is 0 Å². The molecule has 1 rings (SSSR count). The second-order valence-corrected chi connectivity index (χ2v) is 4.49. The number of pyridine rings is 1. The smallest absolute Gasteiger partial charge is 0.481 e. The third kappa shape index (κ3) is 11.1. The number of nitrogens with zero attached hydrogens (tertiary/aromatic N) is 1. The Hall–Kier alpha value is -2.16. The molecule has 0 fully saturated rings. The summed E-state index contributed by atoms with van der Waals surface area (Å²) in [4.78, 5) is 19.3. The molecule has 23 heavy (non-hydrogen) atoms. The van der Waals surface area contributed by atoms with Crippen molar-refractivity contribution in [3.63, 3.8) is 0 Å². The fourth-order valence-electron chi connectivity index (χ4n) is 1.45. The predicted molar refractivity (Wildman–Crippen MR) is 72.8 cm³/mol. The van der Waals surface area contributed by atoms with E-state index in [9.17, 15) is 18.0 Å². The van der Waals surface area contributed by atoms with Gasteiger partial charge in [-0.3, -0.25) is 4.79 Å². The largest absolute Gasteiger partial charge is 0.490 e. The first kappa shape index (κ1) is 20.8. The van der Waals surface area contributed by atoms with Crippen LogP contribution in [0.2, 0.25) is 0 Å². The SMILES string of the molecule is COCCC[n+]1ccc(CCC(=O)O)cc1.O=C(O)C(F)(F)F. The number of aromatic nitrogens is 1. The number of hydrogen-bond donors (Lipinski definition) is 2. The van der Waals surface area contributed by atoms with Crippen molar-refractivity contribution in [3.8, 4) is 0 Å². The van der Waals surface area contributed by atoms with Gasteiger partial charge >= 0.3 is 18.1 Å². The molecular weight excluding hydrogens is 319 g/mol. The second-order valence-electron chi connectivity index (χ2n) is 4.49. The number of aliphatic carboxylic acids is 2. The number of carboxylic acid groups (broad SMARTS) is 2. The molecule has 0 aromatic carbocycles. The lowest BCUT2D eigenvalue weighted by molar-refractivity contribution is -0.697. The van der Waals surface area contributed by atoms with Crippen molar-refractivity contribution in [2.75, 3.05) is 13.7 Å². The van der Waals surface area contributed by atoms with Gasteiger partial charge in [0, 0.05) is 32.1 Å². The third-order valence-corrected chi connectivity index (χ3v) is 2.59. The number of aryl methyl sites for hydroxylation is 2. The van der Waals surface area contributed by atoms with Crippen LogP contribution in [0.4, 0.5) is 13.2 Å². The van der Waals surface area contributed by atoms with E-state index >= 15 is 0 Å². The van der Waals surface area contributed by atoms with E-state index in [0.29, 0.717) is 6.42 Å². The minimum Gasteiger partial charge on any atom is -0.481 e. The highest BCUT2D eigenvalue weighted by Crippen LogP contribution is 2.13. The van der Waals surface area contributed by atoms with Gasteiger partial charge in [0.05, 0.1) is 6.61 Å². The lowest BCUT2D eigenvalue weighted by Gasteiger charge is -1.99. The number of methoxy groups -OCH3 is 1. The van der Waals surface area contributed by atoms with Crippen molar-refractivity contribution in [1.82, 2.24) is 0 Å². The molecule has 0 aliphatic heterocycles. The summed E-state index contributed by atoms with van der Waals surface area (Å²) < 4.78 is 38.8. The van der Waals surface area contributed by atoms with Gasteiger partial charge in [-0.05, 0) is 12.0 Å². The van der Waals surface area contributed by atoms with Gasteiger partial charge in [0.25, 0.3) is 0 Å². The zero-order valence-corrected chi connectivity index (χ0v) is 12.5. The van der Waals surface area contributed by atoms with E-state index < -0.39 is 18.1 Å². The molecule has 0 radical (unpaired) electrons. The summed E-state index contributed by atoms with van der Waals surface area (Å²) in [5, 5.41) is 15.7. The summed E-state index contributed by atoms with van der Waals surface area (Å²) in [6.45, 7) is 1.68. The highest BCUT2D eigenvalue weighted by molar-refractivity contribution is 5.73. The van der Waals surface area contributed by atoms with Crippen LogP contribution in [0, 0.1) is 0 Å². The van der Waals surface area contributed by atoms with Crippen LogP contribution in [0.5, 0.6) is 0 Å². The van der Waals surface area contributed by atoms with Crippen LogP contribution in [0.3, 0.4) is 0 Å². The van der Waals surface area contributed by atoms with Gasteiger partial charge in [-0.2, -0.15) is 13.2 Å². The topological polar surface area (TPSA) is 87.7 Å². The zero-order chi connectivity index (χ0) is 17.9. The maximum Gasteiger partial charge on any atom is 0.490 e. The van der Waals surface area contributed by atoms with Crippen LogP contribution < -0.4 is 4.57 Å². The summed E-state index contributed by atoms with van der Waals surface area (Å²) in [6, 6.07) is 3.94. The van der Waals surface area contributed by atoms with Gasteiger partial charge < -0.3 is 14.9 Å². The standard InChI is InChI=1S/C12H17NO3.C2HF3O2/c1-16-10-2-7-13-8-5-11(6-9-13)3-4-12(14)15;3-2(4,5)1(6)7/h5-6,8-9H,2-4,7,10H2,1H3;(H,6,7)/p+1. The van der Waals surface area contributed by atoms with Crippen LogP contribution in [-0.4, -0.2) is 42.0 Å². The lowest BCUT2D eigenvalue weighted by atomic mass is 10.1. The lowest BCUT2D eigenvalue weighted by Crippen LogP contribution is -2.33. The molecule has 2 N–H and O–H groups in total. The molecule has 0 saturated carbocycles. The van der Waals surface area contributed by atoms with E-state index in [0.717, 1.165) is 25.1 Å². The van der Waals surface area contributed by atoms with E-state index in [-0.39, 0.29) is 6.42 Å². The molecule has 0 bridgehead atoms.